The van der Waals surface area contributed by atoms with E-state index in [0.717, 1.165) is 51.4 Å². The minimum Gasteiger partial charge on any atom is -0.507 e. The Morgan fingerprint density at radius 1 is 0.871 bits per heavy atom. The number of aliphatic hydroxyl groups is 1. The van der Waals surface area contributed by atoms with Crippen molar-refractivity contribution < 1.29 is 24.6 Å². The third kappa shape index (κ3) is 8.31. The number of hydrogen-bond donors (Lipinski definition) is 2. The average molecular weight is 431 g/mol. The minimum absolute atomic E-state index is 0.0668. The van der Waals surface area contributed by atoms with Gasteiger partial charge in [0.2, 0.25) is 11.6 Å². The van der Waals surface area contributed by atoms with Crippen molar-refractivity contribution in [3.05, 3.63) is 45.8 Å². The van der Waals surface area contributed by atoms with Crippen molar-refractivity contribution in [2.24, 2.45) is 0 Å². The number of rotatable bonds is 14. The van der Waals surface area contributed by atoms with Crippen molar-refractivity contribution in [3.8, 4) is 0 Å². The Morgan fingerprint density at radius 2 is 1.48 bits per heavy atom. The van der Waals surface area contributed by atoms with Crippen LogP contribution in [0.1, 0.15) is 98.3 Å². The van der Waals surface area contributed by atoms with Gasteiger partial charge in [0.05, 0.1) is 5.57 Å². The van der Waals surface area contributed by atoms with Gasteiger partial charge in [-0.25, -0.2) is 4.79 Å². The molecule has 0 radical (unpaired) electrons. The molecule has 1 aliphatic carbocycles. The number of aliphatic carboxylic acids is 1. The maximum absolute atomic E-state index is 12.7. The van der Waals surface area contributed by atoms with Gasteiger partial charge in [0.15, 0.2) is 0 Å². The average Bonchev–Trinajstić information content (AvgIpc) is 2.70. The molecule has 172 valence electrons. The molecular formula is C26H38O5. The maximum atomic E-state index is 12.7. The Balaban J connectivity index is 3.19. The van der Waals surface area contributed by atoms with E-state index < -0.39 is 28.9 Å². The monoisotopic (exact) mass is 430 g/mol. The number of carboxylic acids is 1. The molecule has 5 heteroatoms. The summed E-state index contributed by atoms with van der Waals surface area (Å²) in [6, 6.07) is 0. The molecular weight excluding hydrogens is 392 g/mol. The second kappa shape index (κ2) is 13.8. The molecule has 0 aliphatic heterocycles. The van der Waals surface area contributed by atoms with Crippen molar-refractivity contribution in [3.63, 3.8) is 0 Å². The molecule has 0 heterocycles. The summed E-state index contributed by atoms with van der Waals surface area (Å²) < 4.78 is 0. The molecule has 1 aliphatic rings. The van der Waals surface area contributed by atoms with Crippen LogP contribution in [-0.4, -0.2) is 27.7 Å². The third-order valence-corrected chi connectivity index (χ3v) is 5.54. The molecule has 0 aromatic heterocycles. The molecule has 0 unspecified atom stereocenters. The van der Waals surface area contributed by atoms with Crippen LogP contribution >= 0.6 is 0 Å². The molecule has 0 bridgehead atoms. The number of Topliss-reactive ketones (excluding diaryl/α,β-unsaturated/α-hetero) is 2. The van der Waals surface area contributed by atoms with Crippen LogP contribution < -0.4 is 0 Å². The first-order chi connectivity index (χ1) is 14.7. The van der Waals surface area contributed by atoms with E-state index in [4.69, 9.17) is 0 Å². The van der Waals surface area contributed by atoms with Crippen LogP contribution in [0, 0.1) is 0 Å². The summed E-state index contributed by atoms with van der Waals surface area (Å²) in [5.74, 6) is -3.47. The molecule has 0 amide bonds. The first kappa shape index (κ1) is 26.6. The van der Waals surface area contributed by atoms with Gasteiger partial charge >= 0.3 is 5.97 Å². The minimum atomic E-state index is -1.36. The molecule has 0 aromatic carbocycles. The van der Waals surface area contributed by atoms with Gasteiger partial charge < -0.3 is 10.2 Å². The summed E-state index contributed by atoms with van der Waals surface area (Å²) in [5.41, 5.74) is 1.84. The lowest BCUT2D eigenvalue weighted by molar-refractivity contribution is -0.135. The summed E-state index contributed by atoms with van der Waals surface area (Å²) >= 11 is 0. The van der Waals surface area contributed by atoms with Crippen LogP contribution in [0.25, 0.3) is 0 Å². The summed E-state index contributed by atoms with van der Waals surface area (Å²) in [5, 5.41) is 20.2. The molecule has 2 N–H and O–H groups in total. The number of unbranched alkanes of at least 4 members (excludes halogenated alkanes) is 4. The Labute approximate surface area is 186 Å². The van der Waals surface area contributed by atoms with E-state index in [2.05, 4.69) is 13.0 Å². The highest BCUT2D eigenvalue weighted by molar-refractivity contribution is 6.51. The molecule has 5 nitrogen and oxygen atoms in total. The molecule has 0 saturated carbocycles. The predicted molar refractivity (Wildman–Crippen MR) is 124 cm³/mol. The lowest BCUT2D eigenvalue weighted by Crippen LogP contribution is -2.29. The number of carbonyl (C=O) groups excluding carboxylic acids is 2. The number of carboxylic acid groups (broad SMARTS) is 1. The predicted octanol–water partition coefficient (Wildman–Crippen LogP) is 6.56. The van der Waals surface area contributed by atoms with E-state index in [1.165, 1.54) is 11.1 Å². The zero-order valence-corrected chi connectivity index (χ0v) is 19.6. The van der Waals surface area contributed by atoms with E-state index in [-0.39, 0.29) is 24.0 Å². The zero-order valence-electron chi connectivity index (χ0n) is 19.6. The van der Waals surface area contributed by atoms with Crippen molar-refractivity contribution in [2.75, 3.05) is 0 Å². The van der Waals surface area contributed by atoms with Gasteiger partial charge in [-0.1, -0.05) is 62.8 Å². The molecule has 31 heavy (non-hydrogen) atoms. The summed E-state index contributed by atoms with van der Waals surface area (Å²) in [6.07, 6.45) is 12.5. The lowest BCUT2D eigenvalue weighted by Gasteiger charge is -2.19. The summed E-state index contributed by atoms with van der Waals surface area (Å²) in [4.78, 5) is 37.1. The van der Waals surface area contributed by atoms with Gasteiger partial charge in [-0.15, -0.1) is 0 Å². The quantitative estimate of drug-likeness (QED) is 0.141. The standard InChI is InChI=1S/C26H38O5/c1-5-7-9-13-19(14-11-12-18(3)4)16-17-21-23(27)22(26(30)31)20(15-10-8-6-2)24(28)25(21)29/h12,16,27H,5-11,13-15,17H2,1-4H3,(H,30,31)/b19-16+. The lowest BCUT2D eigenvalue weighted by atomic mass is 9.84. The largest absolute Gasteiger partial charge is 0.507 e. The highest BCUT2D eigenvalue weighted by Crippen LogP contribution is 2.31. The van der Waals surface area contributed by atoms with Gasteiger partial charge in [0.1, 0.15) is 11.3 Å². The molecule has 0 spiro atoms. The fourth-order valence-electron chi connectivity index (χ4n) is 3.72. The highest BCUT2D eigenvalue weighted by atomic mass is 16.4. The normalized spacial score (nSPS) is 15.0. The summed E-state index contributed by atoms with van der Waals surface area (Å²) in [7, 11) is 0. The maximum Gasteiger partial charge on any atom is 0.339 e. The number of hydrogen-bond acceptors (Lipinski definition) is 4. The second-order valence-electron chi connectivity index (χ2n) is 8.44. The third-order valence-electron chi connectivity index (χ3n) is 5.54. The fraction of sp³-hybridized carbons (Fsp3) is 0.577. The molecule has 1 rings (SSSR count). The van der Waals surface area contributed by atoms with E-state index in [0.29, 0.717) is 6.42 Å². The first-order valence-corrected chi connectivity index (χ1v) is 11.5. The Hall–Kier alpha value is -2.43. The molecule has 0 fully saturated rings. The number of aliphatic hydroxyl groups excluding tert-OH is 1. The van der Waals surface area contributed by atoms with Gasteiger partial charge in [-0.05, 0) is 58.8 Å². The smallest absolute Gasteiger partial charge is 0.339 e. The van der Waals surface area contributed by atoms with Gasteiger partial charge in [-0.3, -0.25) is 9.59 Å². The van der Waals surface area contributed by atoms with E-state index in [1.54, 1.807) is 0 Å². The van der Waals surface area contributed by atoms with Crippen LogP contribution in [0.4, 0.5) is 0 Å². The van der Waals surface area contributed by atoms with Crippen LogP contribution in [-0.2, 0) is 14.4 Å². The van der Waals surface area contributed by atoms with Crippen LogP contribution in [0.3, 0.4) is 0 Å². The molecule has 0 atom stereocenters. The molecule has 0 saturated heterocycles. The number of ketones is 2. The fourth-order valence-corrected chi connectivity index (χ4v) is 3.72. The zero-order chi connectivity index (χ0) is 23.4. The van der Waals surface area contributed by atoms with Gasteiger partial charge in [0.25, 0.3) is 0 Å². The number of allylic oxidation sites excluding steroid dienone is 6. The van der Waals surface area contributed by atoms with Crippen LogP contribution in [0.2, 0.25) is 0 Å². The first-order valence-electron chi connectivity index (χ1n) is 11.5. The second-order valence-corrected chi connectivity index (χ2v) is 8.44. The Kier molecular flexibility index (Phi) is 11.8. The van der Waals surface area contributed by atoms with E-state index in [1.807, 2.05) is 26.8 Å². The van der Waals surface area contributed by atoms with Crippen LogP contribution in [0.15, 0.2) is 45.8 Å². The van der Waals surface area contributed by atoms with E-state index in [9.17, 15) is 24.6 Å². The number of carbonyl (C=O) groups is 3. The van der Waals surface area contributed by atoms with Crippen molar-refractivity contribution in [2.45, 2.75) is 98.3 Å². The van der Waals surface area contributed by atoms with E-state index >= 15 is 0 Å². The Morgan fingerprint density at radius 3 is 2.06 bits per heavy atom. The topological polar surface area (TPSA) is 91.7 Å². The van der Waals surface area contributed by atoms with Crippen molar-refractivity contribution >= 4 is 17.5 Å². The highest BCUT2D eigenvalue weighted by Gasteiger charge is 2.36. The van der Waals surface area contributed by atoms with Gasteiger partial charge in [-0.2, -0.15) is 0 Å². The Bertz CT molecular complexity index is 789. The summed E-state index contributed by atoms with van der Waals surface area (Å²) in [6.45, 7) is 8.23. The molecule has 0 aromatic rings. The van der Waals surface area contributed by atoms with Crippen LogP contribution in [0.5, 0.6) is 0 Å². The van der Waals surface area contributed by atoms with Gasteiger partial charge in [0, 0.05) is 5.57 Å². The SMILES string of the molecule is CCCCCC1=C(C(=O)O)C(O)=C(C/C=C(/CCC=C(C)C)CCCCC)C(=O)C1=O. The van der Waals surface area contributed by atoms with Crippen molar-refractivity contribution in [1.29, 1.82) is 0 Å². The van der Waals surface area contributed by atoms with Crippen molar-refractivity contribution in [1.82, 2.24) is 0 Å².